The van der Waals surface area contributed by atoms with Crippen LogP contribution in [0.25, 0.3) is 22.0 Å². The summed E-state index contributed by atoms with van der Waals surface area (Å²) in [6, 6.07) is 11.4. The van der Waals surface area contributed by atoms with E-state index in [1.165, 1.54) is 9.13 Å². The van der Waals surface area contributed by atoms with E-state index >= 15 is 0 Å². The van der Waals surface area contributed by atoms with Crippen LogP contribution in [0.5, 0.6) is 0 Å². The van der Waals surface area contributed by atoms with Crippen molar-refractivity contribution in [2.24, 2.45) is 7.05 Å². The predicted octanol–water partition coefficient (Wildman–Crippen LogP) is 2.86. The Labute approximate surface area is 149 Å². The lowest BCUT2D eigenvalue weighted by atomic mass is 10.1. The molecule has 0 saturated heterocycles. The zero-order valence-corrected chi connectivity index (χ0v) is 14.5. The van der Waals surface area contributed by atoms with E-state index in [0.29, 0.717) is 17.6 Å². The molecule has 0 fully saturated rings. The minimum Gasteiger partial charge on any atom is -0.464 e. The standard InChI is InChI=1S/C20H19N3O3/c1-22-16-9-6-11-21-18(16)19(24)23(20(22)25)12-5-4-7-14-13-26-17-10-3-2-8-15(14)17/h2-3,6,8-11,13H,4-5,7,12H2,1H3. The first-order chi connectivity index (χ1) is 12.7. The summed E-state index contributed by atoms with van der Waals surface area (Å²) >= 11 is 0. The van der Waals surface area contributed by atoms with E-state index in [2.05, 4.69) is 4.98 Å². The largest absolute Gasteiger partial charge is 0.464 e. The first-order valence-electron chi connectivity index (χ1n) is 8.66. The molecule has 0 bridgehead atoms. The van der Waals surface area contributed by atoms with Crippen LogP contribution >= 0.6 is 0 Å². The normalized spacial score (nSPS) is 11.4. The molecule has 0 radical (unpaired) electrons. The Balaban J connectivity index is 1.52. The molecule has 132 valence electrons. The van der Waals surface area contributed by atoms with E-state index in [0.717, 1.165) is 35.8 Å². The molecule has 3 heterocycles. The van der Waals surface area contributed by atoms with Crippen molar-refractivity contribution in [3.8, 4) is 0 Å². The fourth-order valence-electron chi connectivity index (χ4n) is 3.34. The van der Waals surface area contributed by atoms with Crippen LogP contribution in [0.15, 0.2) is 62.9 Å². The molecule has 0 aliphatic carbocycles. The highest BCUT2D eigenvalue weighted by atomic mass is 16.3. The van der Waals surface area contributed by atoms with E-state index in [1.54, 1.807) is 31.6 Å². The van der Waals surface area contributed by atoms with Gasteiger partial charge in [0.1, 0.15) is 5.58 Å². The molecule has 0 amide bonds. The summed E-state index contributed by atoms with van der Waals surface area (Å²) in [5.41, 5.74) is 2.30. The first-order valence-corrected chi connectivity index (χ1v) is 8.66. The average Bonchev–Trinajstić information content (AvgIpc) is 3.09. The Bertz CT molecular complexity index is 1200. The number of rotatable bonds is 5. The fourth-order valence-corrected chi connectivity index (χ4v) is 3.34. The van der Waals surface area contributed by atoms with Crippen molar-refractivity contribution in [1.29, 1.82) is 0 Å². The smallest absolute Gasteiger partial charge is 0.331 e. The second-order valence-corrected chi connectivity index (χ2v) is 6.38. The van der Waals surface area contributed by atoms with Gasteiger partial charge in [0.25, 0.3) is 5.56 Å². The molecule has 3 aromatic heterocycles. The maximum Gasteiger partial charge on any atom is 0.331 e. The molecule has 26 heavy (non-hydrogen) atoms. The molecule has 4 aromatic rings. The van der Waals surface area contributed by atoms with Gasteiger partial charge in [-0.25, -0.2) is 9.78 Å². The van der Waals surface area contributed by atoms with Gasteiger partial charge in [-0.05, 0) is 43.0 Å². The topological polar surface area (TPSA) is 70.0 Å². The summed E-state index contributed by atoms with van der Waals surface area (Å²) < 4.78 is 8.31. The number of fused-ring (bicyclic) bond motifs is 2. The molecule has 0 spiro atoms. The highest BCUT2D eigenvalue weighted by molar-refractivity contribution is 5.80. The average molecular weight is 349 g/mol. The third-order valence-corrected chi connectivity index (χ3v) is 4.75. The van der Waals surface area contributed by atoms with Crippen molar-refractivity contribution >= 4 is 22.0 Å². The molecule has 0 aliphatic rings. The monoisotopic (exact) mass is 349 g/mol. The van der Waals surface area contributed by atoms with Crippen molar-refractivity contribution in [1.82, 2.24) is 14.1 Å². The van der Waals surface area contributed by atoms with Crippen LogP contribution in [0.2, 0.25) is 0 Å². The van der Waals surface area contributed by atoms with Gasteiger partial charge in [-0.1, -0.05) is 18.2 Å². The van der Waals surface area contributed by atoms with Crippen LogP contribution in [0, 0.1) is 0 Å². The van der Waals surface area contributed by atoms with Gasteiger partial charge in [0.05, 0.1) is 11.8 Å². The minimum atomic E-state index is -0.322. The summed E-state index contributed by atoms with van der Waals surface area (Å²) in [5, 5.41) is 1.12. The molecular formula is C20H19N3O3. The van der Waals surface area contributed by atoms with Gasteiger partial charge in [0, 0.05) is 25.2 Å². The van der Waals surface area contributed by atoms with Crippen molar-refractivity contribution in [3.05, 3.63) is 75.3 Å². The highest BCUT2D eigenvalue weighted by Gasteiger charge is 2.11. The van der Waals surface area contributed by atoms with E-state index in [4.69, 9.17) is 4.42 Å². The Hall–Kier alpha value is -3.15. The van der Waals surface area contributed by atoms with E-state index in [9.17, 15) is 9.59 Å². The Morgan fingerprint density at radius 1 is 1.08 bits per heavy atom. The van der Waals surface area contributed by atoms with Crippen molar-refractivity contribution < 1.29 is 4.42 Å². The van der Waals surface area contributed by atoms with Gasteiger partial charge in [0.15, 0.2) is 5.52 Å². The molecule has 1 aromatic carbocycles. The third-order valence-electron chi connectivity index (χ3n) is 4.75. The van der Waals surface area contributed by atoms with Crippen LogP contribution in [0.4, 0.5) is 0 Å². The van der Waals surface area contributed by atoms with Crippen LogP contribution in [-0.2, 0) is 20.0 Å². The summed E-state index contributed by atoms with van der Waals surface area (Å²) in [5.74, 6) is 0. The molecule has 6 heteroatoms. The third kappa shape index (κ3) is 2.73. The van der Waals surface area contributed by atoms with Crippen molar-refractivity contribution in [2.45, 2.75) is 25.8 Å². The molecule has 0 N–H and O–H groups in total. The van der Waals surface area contributed by atoms with Gasteiger partial charge in [-0.15, -0.1) is 0 Å². The lowest BCUT2D eigenvalue weighted by Gasteiger charge is -2.09. The van der Waals surface area contributed by atoms with Crippen LogP contribution in [-0.4, -0.2) is 14.1 Å². The quantitative estimate of drug-likeness (QED) is 0.520. The minimum absolute atomic E-state index is 0.302. The maximum atomic E-state index is 12.6. The van der Waals surface area contributed by atoms with Crippen LogP contribution < -0.4 is 11.2 Å². The second-order valence-electron chi connectivity index (χ2n) is 6.38. The van der Waals surface area contributed by atoms with Gasteiger partial charge in [0.2, 0.25) is 0 Å². The number of furan rings is 1. The van der Waals surface area contributed by atoms with Crippen LogP contribution in [0.1, 0.15) is 18.4 Å². The Morgan fingerprint density at radius 3 is 2.81 bits per heavy atom. The number of para-hydroxylation sites is 1. The van der Waals surface area contributed by atoms with Gasteiger partial charge in [-0.2, -0.15) is 0 Å². The predicted molar refractivity (Wildman–Crippen MR) is 100 cm³/mol. The molecule has 0 aliphatic heterocycles. The summed E-state index contributed by atoms with van der Waals surface area (Å²) in [6.45, 7) is 0.383. The van der Waals surface area contributed by atoms with E-state index in [-0.39, 0.29) is 11.2 Å². The van der Waals surface area contributed by atoms with Crippen LogP contribution in [0.3, 0.4) is 0 Å². The molecule has 0 unspecified atom stereocenters. The molecule has 0 saturated carbocycles. The SMILES string of the molecule is Cn1c(=O)n(CCCCc2coc3ccccc23)c(=O)c2ncccc21. The number of pyridine rings is 1. The summed E-state index contributed by atoms with van der Waals surface area (Å²) in [4.78, 5) is 29.2. The summed E-state index contributed by atoms with van der Waals surface area (Å²) in [6.07, 6.45) is 5.79. The molecule has 6 nitrogen and oxygen atoms in total. The number of aromatic nitrogens is 3. The van der Waals surface area contributed by atoms with Gasteiger partial charge >= 0.3 is 5.69 Å². The summed E-state index contributed by atoms with van der Waals surface area (Å²) in [7, 11) is 1.67. The fraction of sp³-hybridized carbons (Fsp3) is 0.250. The Kier molecular flexibility index (Phi) is 4.16. The highest BCUT2D eigenvalue weighted by Crippen LogP contribution is 2.22. The number of unbranched alkanes of at least 4 members (excludes halogenated alkanes) is 1. The van der Waals surface area contributed by atoms with Gasteiger partial charge in [-0.3, -0.25) is 13.9 Å². The molecule has 4 rings (SSSR count). The second kappa shape index (κ2) is 6.63. The van der Waals surface area contributed by atoms with Crippen molar-refractivity contribution in [2.75, 3.05) is 0 Å². The molecule has 0 atom stereocenters. The lowest BCUT2D eigenvalue weighted by molar-refractivity contribution is 0.552. The molecular weight excluding hydrogens is 330 g/mol. The number of hydrogen-bond acceptors (Lipinski definition) is 4. The van der Waals surface area contributed by atoms with E-state index < -0.39 is 0 Å². The number of hydrogen-bond donors (Lipinski definition) is 0. The zero-order chi connectivity index (χ0) is 18.1. The number of nitrogens with zero attached hydrogens (tertiary/aromatic N) is 3. The number of aryl methyl sites for hydroxylation is 2. The van der Waals surface area contributed by atoms with E-state index in [1.807, 2.05) is 24.3 Å². The lowest BCUT2D eigenvalue weighted by Crippen LogP contribution is -2.39. The Morgan fingerprint density at radius 2 is 1.92 bits per heavy atom. The van der Waals surface area contributed by atoms with Crippen molar-refractivity contribution in [3.63, 3.8) is 0 Å². The first kappa shape index (κ1) is 16.3. The number of benzene rings is 1. The van der Waals surface area contributed by atoms with Gasteiger partial charge < -0.3 is 4.42 Å². The maximum absolute atomic E-state index is 12.6. The zero-order valence-electron chi connectivity index (χ0n) is 14.5.